The molecule has 0 aromatic carbocycles. The normalized spacial score (nSPS) is 14.1. The molecule has 0 rings (SSSR count). The van der Waals surface area contributed by atoms with Gasteiger partial charge in [0.25, 0.3) is 0 Å². The van der Waals surface area contributed by atoms with E-state index >= 15 is 0 Å². The molecule has 0 bridgehead atoms. The third kappa shape index (κ3) is 8.51. The van der Waals surface area contributed by atoms with Crippen molar-refractivity contribution in [2.45, 2.75) is 79.6 Å². The smallest absolute Gasteiger partial charge is 0.0141 e. The predicted octanol–water partition coefficient (Wildman–Crippen LogP) is 7.65. The largest absolute Gasteiger partial charge is 0.0992 e. The third-order valence-corrected chi connectivity index (χ3v) is 4.42. The molecule has 0 spiro atoms. The van der Waals surface area contributed by atoms with E-state index in [1.165, 1.54) is 30.4 Å². The molecule has 1 atom stereocenters. The zero-order valence-electron chi connectivity index (χ0n) is 14.9. The van der Waals surface area contributed by atoms with Crippen LogP contribution in [0.25, 0.3) is 0 Å². The summed E-state index contributed by atoms with van der Waals surface area (Å²) in [6.07, 6.45) is 9.99. The Morgan fingerprint density at radius 3 is 2.05 bits per heavy atom. The Bertz CT molecular complexity index is 355. The van der Waals surface area contributed by atoms with Gasteiger partial charge in [0.2, 0.25) is 0 Å². The Labute approximate surface area is 138 Å². The minimum absolute atomic E-state index is 0.115. The molecule has 21 heavy (non-hydrogen) atoms. The van der Waals surface area contributed by atoms with E-state index in [9.17, 15) is 0 Å². The second-order valence-corrected chi connectivity index (χ2v) is 7.57. The molecule has 0 saturated heterocycles. The van der Waals surface area contributed by atoms with E-state index < -0.39 is 0 Å². The average Bonchev–Trinajstić information content (AvgIpc) is 2.41. The summed E-state index contributed by atoms with van der Waals surface area (Å²) >= 11 is 6.33. The zero-order valence-corrected chi connectivity index (χ0v) is 15.7. The molecule has 0 aliphatic rings. The molecule has 0 aliphatic heterocycles. The Morgan fingerprint density at radius 2 is 1.57 bits per heavy atom. The van der Waals surface area contributed by atoms with E-state index in [1.807, 2.05) is 0 Å². The highest BCUT2D eigenvalue weighted by atomic mass is 35.5. The molecule has 1 unspecified atom stereocenters. The van der Waals surface area contributed by atoms with Gasteiger partial charge in [-0.2, -0.15) is 0 Å². The van der Waals surface area contributed by atoms with Gasteiger partial charge in [-0.3, -0.25) is 0 Å². The van der Waals surface area contributed by atoms with Crippen molar-refractivity contribution in [3.8, 4) is 0 Å². The fourth-order valence-electron chi connectivity index (χ4n) is 2.35. The average molecular weight is 311 g/mol. The van der Waals surface area contributed by atoms with E-state index in [-0.39, 0.29) is 5.41 Å². The van der Waals surface area contributed by atoms with Crippen molar-refractivity contribution < 1.29 is 0 Å². The van der Waals surface area contributed by atoms with Crippen LogP contribution in [0.3, 0.4) is 0 Å². The van der Waals surface area contributed by atoms with Gasteiger partial charge in [-0.1, -0.05) is 89.4 Å². The van der Waals surface area contributed by atoms with Gasteiger partial charge in [0.05, 0.1) is 0 Å². The number of hydrogen-bond donors (Lipinski definition) is 0. The van der Waals surface area contributed by atoms with Crippen molar-refractivity contribution >= 4 is 11.6 Å². The Balaban J connectivity index is 4.89. The molecule has 0 aromatic heterocycles. The molecule has 0 fully saturated rings. The summed E-state index contributed by atoms with van der Waals surface area (Å²) in [5.41, 5.74) is 2.71. The van der Waals surface area contributed by atoms with Crippen LogP contribution in [0.4, 0.5) is 0 Å². The second kappa shape index (κ2) is 10.3. The number of rotatable bonds is 10. The van der Waals surface area contributed by atoms with Gasteiger partial charge >= 0.3 is 0 Å². The van der Waals surface area contributed by atoms with Crippen LogP contribution in [0.1, 0.15) is 79.6 Å². The number of allylic oxidation sites excluding steroid dienone is 4. The monoisotopic (exact) mass is 310 g/mol. The number of halogens is 1. The first-order valence-electron chi connectivity index (χ1n) is 8.45. The van der Waals surface area contributed by atoms with Crippen molar-refractivity contribution in [1.82, 2.24) is 0 Å². The predicted molar refractivity (Wildman–Crippen MR) is 98.8 cm³/mol. The molecule has 0 aliphatic carbocycles. The maximum absolute atomic E-state index is 6.33. The fraction of sp³-hybridized carbons (Fsp3) is 0.700. The van der Waals surface area contributed by atoms with Crippen molar-refractivity contribution in [2.24, 2.45) is 11.3 Å². The van der Waals surface area contributed by atoms with Crippen LogP contribution >= 0.6 is 11.6 Å². The Morgan fingerprint density at radius 1 is 1.05 bits per heavy atom. The lowest BCUT2D eigenvalue weighted by atomic mass is 9.74. The topological polar surface area (TPSA) is 0 Å². The van der Waals surface area contributed by atoms with Crippen LogP contribution in [0, 0.1) is 11.3 Å². The van der Waals surface area contributed by atoms with Gasteiger partial charge in [0, 0.05) is 11.0 Å². The van der Waals surface area contributed by atoms with Gasteiger partial charge < -0.3 is 0 Å². The van der Waals surface area contributed by atoms with E-state index in [4.69, 9.17) is 11.6 Å². The molecule has 0 amide bonds. The molecular formula is C20H35Cl. The summed E-state index contributed by atoms with van der Waals surface area (Å²) in [5, 5.41) is 0.992. The van der Waals surface area contributed by atoms with Gasteiger partial charge in [0.15, 0.2) is 0 Å². The lowest BCUT2D eigenvalue weighted by Gasteiger charge is -2.31. The van der Waals surface area contributed by atoms with Crippen LogP contribution in [0.2, 0.25) is 0 Å². The minimum Gasteiger partial charge on any atom is -0.0992 e. The summed E-state index contributed by atoms with van der Waals surface area (Å²) in [7, 11) is 0. The third-order valence-electron chi connectivity index (χ3n) is 4.07. The minimum atomic E-state index is 0.115. The highest BCUT2D eigenvalue weighted by Gasteiger charge is 2.24. The summed E-state index contributed by atoms with van der Waals surface area (Å²) in [4.78, 5) is 0. The molecular weight excluding hydrogens is 276 g/mol. The van der Waals surface area contributed by atoms with Gasteiger partial charge in [-0.15, -0.1) is 0 Å². The Kier molecular flexibility index (Phi) is 10.0. The van der Waals surface area contributed by atoms with Crippen molar-refractivity contribution in [3.63, 3.8) is 0 Å². The van der Waals surface area contributed by atoms with Crippen LogP contribution in [-0.2, 0) is 0 Å². The van der Waals surface area contributed by atoms with E-state index in [0.717, 1.165) is 30.7 Å². The summed E-state index contributed by atoms with van der Waals surface area (Å²) in [6, 6.07) is 0. The van der Waals surface area contributed by atoms with E-state index in [0.29, 0.717) is 5.92 Å². The van der Waals surface area contributed by atoms with Crippen LogP contribution in [0.15, 0.2) is 35.4 Å². The first-order valence-corrected chi connectivity index (χ1v) is 8.83. The molecule has 0 aromatic rings. The highest BCUT2D eigenvalue weighted by molar-refractivity contribution is 6.29. The summed E-state index contributed by atoms with van der Waals surface area (Å²) in [5.74, 6) is 0.354. The standard InChI is InChI=1S/C20H35Cl/c1-8-10-12-16(3)19(17(4)20(5,6)7)15-14-18(21)13-11-9-2/h14,19H,3-4,8-13,15H2,1-2,5-7H3/b18-14+. The molecule has 0 nitrogen and oxygen atoms in total. The fourth-order valence-corrected chi connectivity index (χ4v) is 2.57. The van der Waals surface area contributed by atoms with E-state index in [1.54, 1.807) is 0 Å². The summed E-state index contributed by atoms with van der Waals surface area (Å²) in [6.45, 7) is 19.8. The SMILES string of the molecule is C=C(CCCC)C(C/C=C(/Cl)CCCC)C(=C)C(C)(C)C. The van der Waals surface area contributed by atoms with Gasteiger partial charge in [-0.25, -0.2) is 0 Å². The highest BCUT2D eigenvalue weighted by Crippen LogP contribution is 2.37. The second-order valence-electron chi connectivity index (χ2n) is 7.08. The molecule has 122 valence electrons. The van der Waals surface area contributed by atoms with Gasteiger partial charge in [0.1, 0.15) is 0 Å². The number of unbranched alkanes of at least 4 members (excludes halogenated alkanes) is 2. The lowest BCUT2D eigenvalue weighted by molar-refractivity contribution is 0.441. The first kappa shape index (κ1) is 20.5. The molecule has 0 heterocycles. The van der Waals surface area contributed by atoms with Gasteiger partial charge in [-0.05, 0) is 37.5 Å². The Hall–Kier alpha value is -0.490. The van der Waals surface area contributed by atoms with E-state index in [2.05, 4.69) is 53.9 Å². The van der Waals surface area contributed by atoms with Crippen molar-refractivity contribution in [3.05, 3.63) is 35.4 Å². The number of hydrogen-bond acceptors (Lipinski definition) is 0. The van der Waals surface area contributed by atoms with Crippen molar-refractivity contribution in [2.75, 3.05) is 0 Å². The van der Waals surface area contributed by atoms with Crippen LogP contribution in [-0.4, -0.2) is 0 Å². The van der Waals surface area contributed by atoms with Crippen molar-refractivity contribution in [1.29, 1.82) is 0 Å². The molecule has 0 N–H and O–H groups in total. The summed E-state index contributed by atoms with van der Waals surface area (Å²) < 4.78 is 0. The van der Waals surface area contributed by atoms with Crippen LogP contribution < -0.4 is 0 Å². The molecule has 0 radical (unpaired) electrons. The molecule has 1 heteroatoms. The quantitative estimate of drug-likeness (QED) is 0.363. The first-order chi connectivity index (χ1) is 9.73. The lowest BCUT2D eigenvalue weighted by Crippen LogP contribution is -2.18. The maximum atomic E-state index is 6.33. The maximum Gasteiger partial charge on any atom is 0.0141 e. The van der Waals surface area contributed by atoms with Crippen LogP contribution in [0.5, 0.6) is 0 Å². The molecule has 0 saturated carbocycles. The zero-order chi connectivity index (χ0) is 16.5.